The van der Waals surface area contributed by atoms with Gasteiger partial charge in [0, 0.05) is 24.4 Å². The van der Waals surface area contributed by atoms with Crippen molar-refractivity contribution in [1.29, 1.82) is 5.26 Å². The molecule has 31 heavy (non-hydrogen) atoms. The number of rotatable bonds is 9. The van der Waals surface area contributed by atoms with Crippen LogP contribution in [0.15, 0.2) is 46.8 Å². The third-order valence-corrected chi connectivity index (χ3v) is 4.47. The van der Waals surface area contributed by atoms with Gasteiger partial charge in [0.05, 0.1) is 35.2 Å². The van der Waals surface area contributed by atoms with E-state index in [0.717, 1.165) is 0 Å². The van der Waals surface area contributed by atoms with Crippen LogP contribution in [0.4, 0.5) is 5.69 Å². The first-order valence-electron chi connectivity index (χ1n) is 9.64. The van der Waals surface area contributed by atoms with Crippen LogP contribution < -0.4 is 5.32 Å². The summed E-state index contributed by atoms with van der Waals surface area (Å²) in [5.74, 6) is -2.63. The highest BCUT2D eigenvalue weighted by atomic mass is 16.6. The standard InChI is InChI=1S/C21H23N3O7/c1-4-29-9-10-31-20(25)17-13(3)23-16(12-22)19(21(26)30-5-2)18(17)14-7-6-8-15(11-14)24(27)28/h6-8,11,18,23H,4-5,9-10H2,1-3H3. The van der Waals surface area contributed by atoms with E-state index >= 15 is 0 Å². The molecule has 1 unspecified atom stereocenters. The maximum absolute atomic E-state index is 12.9. The van der Waals surface area contributed by atoms with Gasteiger partial charge in [-0.2, -0.15) is 5.26 Å². The lowest BCUT2D eigenvalue weighted by molar-refractivity contribution is -0.384. The second kappa shape index (κ2) is 10.9. The molecule has 0 amide bonds. The number of non-ortho nitro benzene ring substituents is 1. The van der Waals surface area contributed by atoms with E-state index < -0.39 is 22.8 Å². The third kappa shape index (κ3) is 5.46. The molecule has 1 atom stereocenters. The molecule has 0 radical (unpaired) electrons. The number of dihydropyridines is 1. The van der Waals surface area contributed by atoms with Crippen LogP contribution in [0.25, 0.3) is 0 Å². The van der Waals surface area contributed by atoms with Gasteiger partial charge in [0.1, 0.15) is 18.4 Å². The van der Waals surface area contributed by atoms with Crippen LogP contribution in [-0.2, 0) is 23.8 Å². The van der Waals surface area contributed by atoms with E-state index in [9.17, 15) is 25.0 Å². The Kier molecular flexibility index (Phi) is 8.28. The van der Waals surface area contributed by atoms with Crippen molar-refractivity contribution in [2.75, 3.05) is 26.4 Å². The number of nitriles is 1. The number of nitrogens with zero attached hydrogens (tertiary/aromatic N) is 2. The first-order valence-corrected chi connectivity index (χ1v) is 9.64. The average molecular weight is 429 g/mol. The topological polar surface area (TPSA) is 141 Å². The van der Waals surface area contributed by atoms with E-state index in [1.54, 1.807) is 20.8 Å². The molecule has 1 aromatic carbocycles. The van der Waals surface area contributed by atoms with Crippen LogP contribution in [0.2, 0.25) is 0 Å². The zero-order chi connectivity index (χ0) is 23.0. The van der Waals surface area contributed by atoms with Crippen LogP contribution in [-0.4, -0.2) is 43.3 Å². The Morgan fingerprint density at radius 1 is 1.16 bits per heavy atom. The van der Waals surface area contributed by atoms with Crippen LogP contribution in [0.1, 0.15) is 32.3 Å². The number of carbonyl (C=O) groups is 2. The monoisotopic (exact) mass is 429 g/mol. The predicted molar refractivity (Wildman–Crippen MR) is 108 cm³/mol. The van der Waals surface area contributed by atoms with E-state index in [1.807, 2.05) is 6.07 Å². The summed E-state index contributed by atoms with van der Waals surface area (Å²) in [6.45, 7) is 5.63. The van der Waals surface area contributed by atoms with E-state index in [0.29, 0.717) is 12.3 Å². The summed E-state index contributed by atoms with van der Waals surface area (Å²) in [5, 5.41) is 23.6. The van der Waals surface area contributed by atoms with Gasteiger partial charge in [-0.15, -0.1) is 0 Å². The van der Waals surface area contributed by atoms with Crippen molar-refractivity contribution in [3.05, 3.63) is 62.5 Å². The summed E-state index contributed by atoms with van der Waals surface area (Å²) in [6.07, 6.45) is 0. The summed E-state index contributed by atoms with van der Waals surface area (Å²) in [6, 6.07) is 7.44. The number of hydrogen-bond donors (Lipinski definition) is 1. The molecule has 1 aromatic rings. The minimum Gasteiger partial charge on any atom is -0.463 e. The van der Waals surface area contributed by atoms with Gasteiger partial charge in [-0.05, 0) is 26.3 Å². The maximum Gasteiger partial charge on any atom is 0.337 e. The Balaban J connectivity index is 2.60. The molecule has 0 aliphatic carbocycles. The third-order valence-electron chi connectivity index (χ3n) is 4.47. The summed E-state index contributed by atoms with van der Waals surface area (Å²) in [4.78, 5) is 36.4. The van der Waals surface area contributed by atoms with Crippen LogP contribution >= 0.6 is 0 Å². The molecule has 0 bridgehead atoms. The van der Waals surface area contributed by atoms with Crippen LogP contribution in [0, 0.1) is 21.4 Å². The highest BCUT2D eigenvalue weighted by Crippen LogP contribution is 2.40. The van der Waals surface area contributed by atoms with Gasteiger partial charge in [0.15, 0.2) is 0 Å². The lowest BCUT2D eigenvalue weighted by atomic mass is 9.80. The fourth-order valence-electron chi connectivity index (χ4n) is 3.18. The predicted octanol–water partition coefficient (Wildman–Crippen LogP) is 2.48. The number of esters is 2. The van der Waals surface area contributed by atoms with Gasteiger partial charge in [-0.1, -0.05) is 12.1 Å². The Bertz CT molecular complexity index is 975. The molecular weight excluding hydrogens is 406 g/mol. The Labute approximate surface area is 179 Å². The van der Waals surface area contributed by atoms with Crippen molar-refractivity contribution >= 4 is 17.6 Å². The zero-order valence-electron chi connectivity index (χ0n) is 17.5. The molecule has 1 N–H and O–H groups in total. The quantitative estimate of drug-likeness (QED) is 0.271. The van der Waals surface area contributed by atoms with Crippen molar-refractivity contribution in [1.82, 2.24) is 5.32 Å². The minimum atomic E-state index is -1.09. The van der Waals surface area contributed by atoms with Crippen molar-refractivity contribution < 1.29 is 28.7 Å². The van der Waals surface area contributed by atoms with E-state index in [2.05, 4.69) is 5.32 Å². The van der Waals surface area contributed by atoms with Gasteiger partial charge < -0.3 is 19.5 Å². The molecule has 0 fully saturated rings. The molecule has 0 spiro atoms. The molecule has 2 rings (SSSR count). The molecule has 10 heteroatoms. The van der Waals surface area contributed by atoms with Gasteiger partial charge in [0.2, 0.25) is 0 Å². The summed E-state index contributed by atoms with van der Waals surface area (Å²) in [5.41, 5.74) is 0.189. The number of nitrogens with one attached hydrogen (secondary N) is 1. The molecule has 1 aliphatic heterocycles. The fourth-order valence-corrected chi connectivity index (χ4v) is 3.18. The number of allylic oxidation sites excluding steroid dienone is 2. The van der Waals surface area contributed by atoms with Gasteiger partial charge in [-0.3, -0.25) is 10.1 Å². The Morgan fingerprint density at radius 3 is 2.48 bits per heavy atom. The second-order valence-corrected chi connectivity index (χ2v) is 6.40. The first-order chi connectivity index (χ1) is 14.8. The molecule has 10 nitrogen and oxygen atoms in total. The minimum absolute atomic E-state index is 0.0192. The lowest BCUT2D eigenvalue weighted by Crippen LogP contribution is -2.33. The maximum atomic E-state index is 12.9. The summed E-state index contributed by atoms with van der Waals surface area (Å²) >= 11 is 0. The molecule has 0 saturated carbocycles. The fraction of sp³-hybridized carbons (Fsp3) is 0.381. The van der Waals surface area contributed by atoms with Crippen molar-refractivity contribution in [2.24, 2.45) is 0 Å². The molecule has 0 saturated heterocycles. The van der Waals surface area contributed by atoms with Gasteiger partial charge in [0.25, 0.3) is 5.69 Å². The van der Waals surface area contributed by atoms with Crippen molar-refractivity contribution in [3.8, 4) is 6.07 Å². The van der Waals surface area contributed by atoms with Crippen molar-refractivity contribution in [2.45, 2.75) is 26.7 Å². The smallest absolute Gasteiger partial charge is 0.337 e. The SMILES string of the molecule is CCOCCOC(=O)C1=C(C)NC(C#N)=C(C(=O)OCC)C1c1cccc([N+](=O)[O-])c1. The second-order valence-electron chi connectivity index (χ2n) is 6.40. The Morgan fingerprint density at radius 2 is 1.87 bits per heavy atom. The number of hydrogen-bond acceptors (Lipinski definition) is 9. The van der Waals surface area contributed by atoms with Gasteiger partial charge >= 0.3 is 11.9 Å². The van der Waals surface area contributed by atoms with E-state index in [1.165, 1.54) is 24.3 Å². The van der Waals surface area contributed by atoms with Crippen molar-refractivity contribution in [3.63, 3.8) is 0 Å². The average Bonchev–Trinajstić information content (AvgIpc) is 2.75. The highest BCUT2D eigenvalue weighted by Gasteiger charge is 2.39. The molecule has 164 valence electrons. The van der Waals surface area contributed by atoms with Crippen LogP contribution in [0.3, 0.4) is 0 Å². The van der Waals surface area contributed by atoms with Crippen LogP contribution in [0.5, 0.6) is 0 Å². The highest BCUT2D eigenvalue weighted by molar-refractivity contribution is 6.00. The molecular formula is C21H23N3O7. The normalized spacial score (nSPS) is 15.7. The van der Waals surface area contributed by atoms with Gasteiger partial charge in [-0.25, -0.2) is 9.59 Å². The largest absolute Gasteiger partial charge is 0.463 e. The number of nitro groups is 1. The number of benzene rings is 1. The molecule has 1 heterocycles. The Hall–Kier alpha value is -3.71. The zero-order valence-corrected chi connectivity index (χ0v) is 17.5. The van der Waals surface area contributed by atoms with E-state index in [4.69, 9.17) is 14.2 Å². The molecule has 1 aliphatic rings. The number of carbonyl (C=O) groups excluding carboxylic acids is 2. The summed E-state index contributed by atoms with van der Waals surface area (Å²) in [7, 11) is 0. The first kappa shape index (κ1) is 23.6. The number of nitro benzene ring substituents is 1. The number of ether oxygens (including phenoxy) is 3. The van der Waals surface area contributed by atoms with E-state index in [-0.39, 0.29) is 47.9 Å². The molecule has 0 aromatic heterocycles. The summed E-state index contributed by atoms with van der Waals surface area (Å²) < 4.78 is 15.6. The lowest BCUT2D eigenvalue weighted by Gasteiger charge is -2.29.